The summed E-state index contributed by atoms with van der Waals surface area (Å²) < 4.78 is 1.70. The zero-order valence-electron chi connectivity index (χ0n) is 14.1. The smallest absolute Gasteiger partial charge is 0.272 e. The van der Waals surface area contributed by atoms with Crippen molar-refractivity contribution in [2.45, 2.75) is 6.92 Å². The Hall–Kier alpha value is -4.08. The largest absolute Gasteiger partial charge is 0.301 e. The number of para-hydroxylation sites is 1. The van der Waals surface area contributed by atoms with Crippen LogP contribution >= 0.6 is 0 Å². The number of nitrogens with one attached hydrogen (secondary N) is 1. The molecule has 10 heteroatoms. The first kappa shape index (κ1) is 17.7. The number of nitrogens with zero attached hydrogens (tertiary/aromatic N) is 5. The molecular formula is C17H14N6O4. The van der Waals surface area contributed by atoms with Crippen molar-refractivity contribution in [3.63, 3.8) is 0 Å². The van der Waals surface area contributed by atoms with Gasteiger partial charge in [0, 0.05) is 17.8 Å². The summed E-state index contributed by atoms with van der Waals surface area (Å²) in [7, 11) is 0. The number of aromatic nitrogens is 2. The summed E-state index contributed by atoms with van der Waals surface area (Å²) in [5.74, 6) is 0. The SMILES string of the molecule is Cc1nn(-c2ccccc2)cc1C=NNc1ccc([N+](=O)[O-])cc1[N+](=O)[O-]. The van der Waals surface area contributed by atoms with Crippen LogP contribution in [0.1, 0.15) is 11.3 Å². The van der Waals surface area contributed by atoms with Gasteiger partial charge in [-0.1, -0.05) is 18.2 Å². The fraction of sp³-hybridized carbons (Fsp3) is 0.0588. The maximum absolute atomic E-state index is 11.1. The van der Waals surface area contributed by atoms with Gasteiger partial charge >= 0.3 is 5.69 Å². The summed E-state index contributed by atoms with van der Waals surface area (Å²) in [5, 5.41) is 30.3. The molecule has 0 saturated heterocycles. The van der Waals surface area contributed by atoms with Gasteiger partial charge in [-0.2, -0.15) is 10.2 Å². The molecule has 10 nitrogen and oxygen atoms in total. The number of benzene rings is 2. The Morgan fingerprint density at radius 2 is 1.85 bits per heavy atom. The van der Waals surface area contributed by atoms with E-state index in [0.29, 0.717) is 0 Å². The van der Waals surface area contributed by atoms with Crippen LogP contribution in [0.4, 0.5) is 17.1 Å². The Kier molecular flexibility index (Phi) is 4.88. The highest BCUT2D eigenvalue weighted by Crippen LogP contribution is 2.28. The number of hydrogen-bond acceptors (Lipinski definition) is 7. The molecule has 27 heavy (non-hydrogen) atoms. The number of nitro groups is 2. The molecule has 0 atom stereocenters. The molecule has 1 heterocycles. The molecule has 1 aromatic heterocycles. The van der Waals surface area contributed by atoms with Crippen molar-refractivity contribution in [2.75, 3.05) is 5.43 Å². The second-order valence-electron chi connectivity index (χ2n) is 5.54. The summed E-state index contributed by atoms with van der Waals surface area (Å²) in [5.41, 5.74) is 4.14. The van der Waals surface area contributed by atoms with E-state index in [2.05, 4.69) is 15.6 Å². The maximum atomic E-state index is 11.1. The average molecular weight is 366 g/mol. The predicted molar refractivity (Wildman–Crippen MR) is 99.3 cm³/mol. The molecule has 0 unspecified atom stereocenters. The Balaban J connectivity index is 1.81. The molecule has 0 spiro atoms. The molecule has 136 valence electrons. The van der Waals surface area contributed by atoms with Gasteiger partial charge in [0.25, 0.3) is 5.69 Å². The predicted octanol–water partition coefficient (Wildman–Crippen LogP) is 3.44. The molecule has 0 amide bonds. The van der Waals surface area contributed by atoms with E-state index in [1.807, 2.05) is 37.3 Å². The Labute approximate surface area is 153 Å². The number of rotatable bonds is 6. The highest BCUT2D eigenvalue weighted by molar-refractivity contribution is 5.81. The van der Waals surface area contributed by atoms with E-state index in [4.69, 9.17) is 0 Å². The molecule has 2 aromatic carbocycles. The van der Waals surface area contributed by atoms with Gasteiger partial charge in [-0.05, 0) is 25.1 Å². The minimum atomic E-state index is -0.705. The van der Waals surface area contributed by atoms with Gasteiger partial charge in [-0.15, -0.1) is 0 Å². The molecular weight excluding hydrogens is 352 g/mol. The van der Waals surface area contributed by atoms with Crippen LogP contribution in [-0.4, -0.2) is 25.8 Å². The van der Waals surface area contributed by atoms with E-state index in [-0.39, 0.29) is 11.4 Å². The van der Waals surface area contributed by atoms with E-state index in [1.54, 1.807) is 10.9 Å². The summed E-state index contributed by atoms with van der Waals surface area (Å²) in [6, 6.07) is 12.8. The molecule has 0 fully saturated rings. The minimum absolute atomic E-state index is 0.0509. The monoisotopic (exact) mass is 366 g/mol. The number of hydrazone groups is 1. The molecule has 3 rings (SSSR count). The second-order valence-corrected chi connectivity index (χ2v) is 5.54. The fourth-order valence-corrected chi connectivity index (χ4v) is 2.36. The molecule has 0 bridgehead atoms. The molecule has 0 aliphatic rings. The number of non-ortho nitro benzene ring substituents is 1. The van der Waals surface area contributed by atoms with E-state index >= 15 is 0 Å². The van der Waals surface area contributed by atoms with E-state index < -0.39 is 15.5 Å². The standard InChI is InChI=1S/C17H14N6O4/c1-12-13(11-21(20-12)14-5-3-2-4-6-14)10-18-19-16-8-7-15(22(24)25)9-17(16)23(26)27/h2-11,19H,1H3. The minimum Gasteiger partial charge on any atom is -0.272 e. The Bertz CT molecular complexity index is 1030. The normalized spacial score (nSPS) is 10.9. The average Bonchev–Trinajstić information content (AvgIpc) is 3.03. The van der Waals surface area contributed by atoms with E-state index in [1.165, 1.54) is 18.3 Å². The van der Waals surface area contributed by atoms with Gasteiger partial charge in [-0.25, -0.2) is 4.68 Å². The topological polar surface area (TPSA) is 128 Å². The number of nitro benzene ring substituents is 2. The highest BCUT2D eigenvalue weighted by atomic mass is 16.6. The quantitative estimate of drug-likeness (QED) is 0.404. The number of aryl methyl sites for hydroxylation is 1. The van der Waals surface area contributed by atoms with Crippen molar-refractivity contribution < 1.29 is 9.85 Å². The van der Waals surface area contributed by atoms with Crippen LogP contribution in [0.5, 0.6) is 0 Å². The lowest BCUT2D eigenvalue weighted by molar-refractivity contribution is -0.393. The van der Waals surface area contributed by atoms with Crippen LogP contribution in [0.2, 0.25) is 0 Å². The van der Waals surface area contributed by atoms with Crippen molar-refractivity contribution in [3.05, 3.63) is 86.2 Å². The lowest BCUT2D eigenvalue weighted by Gasteiger charge is -2.01. The fourth-order valence-electron chi connectivity index (χ4n) is 2.36. The molecule has 1 N–H and O–H groups in total. The van der Waals surface area contributed by atoms with Crippen LogP contribution in [0.15, 0.2) is 59.8 Å². The van der Waals surface area contributed by atoms with Crippen molar-refractivity contribution in [1.82, 2.24) is 9.78 Å². The van der Waals surface area contributed by atoms with Crippen LogP contribution in [-0.2, 0) is 0 Å². The van der Waals surface area contributed by atoms with E-state index in [0.717, 1.165) is 23.0 Å². The zero-order valence-corrected chi connectivity index (χ0v) is 14.1. The van der Waals surface area contributed by atoms with Gasteiger partial charge in [0.15, 0.2) is 0 Å². The molecule has 0 radical (unpaired) electrons. The summed E-state index contributed by atoms with van der Waals surface area (Å²) in [6.45, 7) is 1.81. The first-order valence-corrected chi connectivity index (χ1v) is 7.79. The third-order valence-electron chi connectivity index (χ3n) is 3.74. The van der Waals surface area contributed by atoms with Crippen LogP contribution in [0.25, 0.3) is 5.69 Å². The number of anilines is 1. The van der Waals surface area contributed by atoms with Gasteiger partial charge < -0.3 is 0 Å². The second kappa shape index (κ2) is 7.44. The molecule has 0 aliphatic heterocycles. The van der Waals surface area contributed by atoms with E-state index in [9.17, 15) is 20.2 Å². The third kappa shape index (κ3) is 3.95. The van der Waals surface area contributed by atoms with Gasteiger partial charge in [0.05, 0.1) is 33.5 Å². The molecule has 0 saturated carbocycles. The third-order valence-corrected chi connectivity index (χ3v) is 3.74. The molecule has 0 aliphatic carbocycles. The van der Waals surface area contributed by atoms with Crippen molar-refractivity contribution in [3.8, 4) is 5.69 Å². The zero-order chi connectivity index (χ0) is 19.4. The van der Waals surface area contributed by atoms with Gasteiger partial charge in [-0.3, -0.25) is 25.7 Å². The molecule has 3 aromatic rings. The van der Waals surface area contributed by atoms with Crippen molar-refractivity contribution in [1.29, 1.82) is 0 Å². The van der Waals surface area contributed by atoms with Crippen molar-refractivity contribution >= 4 is 23.3 Å². The van der Waals surface area contributed by atoms with Gasteiger partial charge in [0.2, 0.25) is 0 Å². The first-order chi connectivity index (χ1) is 13.0. The van der Waals surface area contributed by atoms with Crippen LogP contribution in [0, 0.1) is 27.2 Å². The summed E-state index contributed by atoms with van der Waals surface area (Å²) in [6.07, 6.45) is 3.26. The summed E-state index contributed by atoms with van der Waals surface area (Å²) in [4.78, 5) is 20.5. The first-order valence-electron chi connectivity index (χ1n) is 7.79. The lowest BCUT2D eigenvalue weighted by Crippen LogP contribution is -1.98. The maximum Gasteiger partial charge on any atom is 0.301 e. The highest BCUT2D eigenvalue weighted by Gasteiger charge is 2.19. The summed E-state index contributed by atoms with van der Waals surface area (Å²) >= 11 is 0. The Morgan fingerprint density at radius 1 is 1.11 bits per heavy atom. The van der Waals surface area contributed by atoms with Crippen LogP contribution in [0.3, 0.4) is 0 Å². The van der Waals surface area contributed by atoms with Crippen LogP contribution < -0.4 is 5.43 Å². The lowest BCUT2D eigenvalue weighted by atomic mass is 10.2. The number of hydrogen-bond donors (Lipinski definition) is 1. The van der Waals surface area contributed by atoms with Gasteiger partial charge in [0.1, 0.15) is 5.69 Å². The van der Waals surface area contributed by atoms with Crippen molar-refractivity contribution in [2.24, 2.45) is 5.10 Å². The Morgan fingerprint density at radius 3 is 2.52 bits per heavy atom.